The van der Waals surface area contributed by atoms with E-state index >= 15 is 0 Å². The molecule has 1 aliphatic carbocycles. The predicted octanol–water partition coefficient (Wildman–Crippen LogP) is 3.69. The van der Waals surface area contributed by atoms with Crippen LogP contribution in [0, 0.1) is 0 Å². The van der Waals surface area contributed by atoms with Gasteiger partial charge in [0, 0.05) is 28.6 Å². The van der Waals surface area contributed by atoms with Crippen molar-refractivity contribution >= 4 is 23.1 Å². The fourth-order valence-electron chi connectivity index (χ4n) is 1.69. The largest absolute Gasteiger partial charge is 0.309 e. The number of aromatic nitrogens is 1. The molecule has 0 unspecified atom stereocenters. The quantitative estimate of drug-likeness (QED) is 0.815. The highest BCUT2D eigenvalue weighted by Crippen LogP contribution is 2.25. The molecule has 0 amide bonds. The lowest BCUT2D eigenvalue weighted by atomic mass is 10.4. The van der Waals surface area contributed by atoms with Crippen LogP contribution in [0.4, 0.5) is 0 Å². The van der Waals surface area contributed by atoms with Crippen LogP contribution >= 0.6 is 23.1 Å². The van der Waals surface area contributed by atoms with E-state index in [4.69, 9.17) is 0 Å². The number of thioether (sulfide) groups is 1. The second kappa shape index (κ2) is 5.87. The number of benzene rings is 1. The van der Waals surface area contributed by atoms with E-state index in [1.165, 1.54) is 27.6 Å². The molecule has 0 atom stereocenters. The highest BCUT2D eigenvalue weighted by atomic mass is 32.2. The average molecular weight is 276 g/mol. The highest BCUT2D eigenvalue weighted by Gasteiger charge is 2.20. The molecule has 1 saturated carbocycles. The molecule has 3 rings (SSSR count). The van der Waals surface area contributed by atoms with E-state index in [2.05, 4.69) is 40.6 Å². The van der Waals surface area contributed by atoms with E-state index in [1.54, 1.807) is 0 Å². The van der Waals surface area contributed by atoms with E-state index in [-0.39, 0.29) is 0 Å². The van der Waals surface area contributed by atoms with Gasteiger partial charge in [0.1, 0.15) is 5.01 Å². The lowest BCUT2D eigenvalue weighted by molar-refractivity contribution is 0.694. The maximum atomic E-state index is 4.49. The van der Waals surface area contributed by atoms with E-state index in [9.17, 15) is 0 Å². The van der Waals surface area contributed by atoms with Crippen LogP contribution < -0.4 is 5.32 Å². The van der Waals surface area contributed by atoms with Gasteiger partial charge in [0.2, 0.25) is 0 Å². The van der Waals surface area contributed by atoms with Gasteiger partial charge in [-0.05, 0) is 25.0 Å². The number of nitrogens with zero attached hydrogens (tertiary/aromatic N) is 1. The maximum Gasteiger partial charge on any atom is 0.103 e. The molecule has 0 bridgehead atoms. The van der Waals surface area contributed by atoms with Gasteiger partial charge in [-0.3, -0.25) is 0 Å². The van der Waals surface area contributed by atoms with Gasteiger partial charge in [-0.15, -0.1) is 23.1 Å². The van der Waals surface area contributed by atoms with Crippen molar-refractivity contribution in [3.63, 3.8) is 0 Å². The van der Waals surface area contributed by atoms with Crippen LogP contribution in [-0.4, -0.2) is 11.0 Å². The molecule has 2 aromatic rings. The standard InChI is InChI=1S/C14H16N2S2/c1-2-4-12(5-3-1)17-10-14-16-9-13(18-14)8-15-11-6-7-11/h1-5,9,11,15H,6-8,10H2. The summed E-state index contributed by atoms with van der Waals surface area (Å²) < 4.78 is 0. The van der Waals surface area contributed by atoms with Gasteiger partial charge >= 0.3 is 0 Å². The van der Waals surface area contributed by atoms with Crippen molar-refractivity contribution in [1.29, 1.82) is 0 Å². The molecule has 0 radical (unpaired) electrons. The van der Waals surface area contributed by atoms with Crippen LogP contribution in [0.25, 0.3) is 0 Å². The third-order valence-corrected chi connectivity index (χ3v) is 5.05. The Labute approximate surface area is 116 Å². The molecule has 1 N–H and O–H groups in total. The Morgan fingerprint density at radius 1 is 1.28 bits per heavy atom. The summed E-state index contributed by atoms with van der Waals surface area (Å²) in [5.41, 5.74) is 0. The van der Waals surface area contributed by atoms with Crippen LogP contribution in [0.1, 0.15) is 22.7 Å². The first-order chi connectivity index (χ1) is 8.90. The molecule has 94 valence electrons. The molecular formula is C14H16N2S2. The van der Waals surface area contributed by atoms with Gasteiger partial charge in [0.05, 0.1) is 5.75 Å². The molecule has 1 aliphatic rings. The highest BCUT2D eigenvalue weighted by molar-refractivity contribution is 7.98. The summed E-state index contributed by atoms with van der Waals surface area (Å²) in [7, 11) is 0. The molecule has 1 aromatic heterocycles. The Kier molecular flexibility index (Phi) is 3.98. The molecule has 18 heavy (non-hydrogen) atoms. The number of thiazole rings is 1. The van der Waals surface area contributed by atoms with Crippen molar-refractivity contribution < 1.29 is 0 Å². The topological polar surface area (TPSA) is 24.9 Å². The zero-order valence-electron chi connectivity index (χ0n) is 10.1. The van der Waals surface area contributed by atoms with E-state index in [0.717, 1.165) is 18.3 Å². The van der Waals surface area contributed by atoms with Gasteiger partial charge < -0.3 is 5.32 Å². The van der Waals surface area contributed by atoms with Crippen molar-refractivity contribution in [3.8, 4) is 0 Å². The van der Waals surface area contributed by atoms with Crippen molar-refractivity contribution in [1.82, 2.24) is 10.3 Å². The SMILES string of the molecule is c1ccc(SCc2ncc(CNC3CC3)s2)cc1. The Balaban J connectivity index is 1.50. The van der Waals surface area contributed by atoms with Crippen molar-refractivity contribution in [3.05, 3.63) is 46.4 Å². The van der Waals surface area contributed by atoms with Gasteiger partial charge in [0.15, 0.2) is 0 Å². The molecule has 1 aromatic carbocycles. The molecule has 4 heteroatoms. The first-order valence-electron chi connectivity index (χ1n) is 6.25. The second-order valence-corrected chi connectivity index (χ2v) is 6.73. The molecule has 0 aliphatic heterocycles. The lowest BCUT2D eigenvalue weighted by Crippen LogP contribution is -2.14. The normalized spacial score (nSPS) is 14.9. The second-order valence-electron chi connectivity index (χ2n) is 4.48. The third-order valence-electron chi connectivity index (χ3n) is 2.85. The fraction of sp³-hybridized carbons (Fsp3) is 0.357. The van der Waals surface area contributed by atoms with Crippen LogP contribution in [0.15, 0.2) is 41.4 Å². The van der Waals surface area contributed by atoms with Crippen LogP contribution in [0.2, 0.25) is 0 Å². The van der Waals surface area contributed by atoms with Gasteiger partial charge in [-0.1, -0.05) is 18.2 Å². The molecule has 1 heterocycles. The number of hydrogen-bond donors (Lipinski definition) is 1. The van der Waals surface area contributed by atoms with Crippen LogP contribution in [0.3, 0.4) is 0 Å². The maximum absolute atomic E-state index is 4.49. The van der Waals surface area contributed by atoms with Crippen molar-refractivity contribution in [2.24, 2.45) is 0 Å². The Bertz CT molecular complexity index is 492. The first kappa shape index (κ1) is 12.2. The first-order valence-corrected chi connectivity index (χ1v) is 8.05. The average Bonchev–Trinajstić information content (AvgIpc) is 3.14. The van der Waals surface area contributed by atoms with Gasteiger partial charge in [-0.25, -0.2) is 4.98 Å². The fourth-order valence-corrected chi connectivity index (χ4v) is 3.49. The monoisotopic (exact) mass is 276 g/mol. The minimum atomic E-state index is 0.772. The number of hydrogen-bond acceptors (Lipinski definition) is 4. The lowest BCUT2D eigenvalue weighted by Gasteiger charge is -1.98. The molecular weight excluding hydrogens is 260 g/mol. The minimum Gasteiger partial charge on any atom is -0.309 e. The Hall–Kier alpha value is -0.840. The summed E-state index contributed by atoms with van der Waals surface area (Å²) >= 11 is 3.68. The summed E-state index contributed by atoms with van der Waals surface area (Å²) in [6.07, 6.45) is 4.70. The van der Waals surface area contributed by atoms with Gasteiger partial charge in [0.25, 0.3) is 0 Å². The predicted molar refractivity (Wildman–Crippen MR) is 78.0 cm³/mol. The van der Waals surface area contributed by atoms with Gasteiger partial charge in [-0.2, -0.15) is 0 Å². The summed E-state index contributed by atoms with van der Waals surface area (Å²) in [4.78, 5) is 7.15. The van der Waals surface area contributed by atoms with E-state index in [1.807, 2.05) is 29.3 Å². The van der Waals surface area contributed by atoms with Crippen LogP contribution in [-0.2, 0) is 12.3 Å². The zero-order chi connectivity index (χ0) is 12.2. The van der Waals surface area contributed by atoms with Crippen molar-refractivity contribution in [2.45, 2.75) is 36.1 Å². The van der Waals surface area contributed by atoms with E-state index < -0.39 is 0 Å². The van der Waals surface area contributed by atoms with E-state index in [0.29, 0.717) is 0 Å². The number of nitrogens with one attached hydrogen (secondary N) is 1. The van der Waals surface area contributed by atoms with Crippen molar-refractivity contribution in [2.75, 3.05) is 0 Å². The smallest absolute Gasteiger partial charge is 0.103 e. The Morgan fingerprint density at radius 2 is 2.11 bits per heavy atom. The summed E-state index contributed by atoms with van der Waals surface area (Å²) in [5.74, 6) is 0.970. The number of rotatable bonds is 6. The molecule has 1 fully saturated rings. The molecule has 0 spiro atoms. The summed E-state index contributed by atoms with van der Waals surface area (Å²) in [6, 6.07) is 11.3. The third kappa shape index (κ3) is 3.57. The molecule has 0 saturated heterocycles. The van der Waals surface area contributed by atoms with Crippen LogP contribution in [0.5, 0.6) is 0 Å². The zero-order valence-corrected chi connectivity index (χ0v) is 11.8. The minimum absolute atomic E-state index is 0.772. The Morgan fingerprint density at radius 3 is 2.89 bits per heavy atom. The summed E-state index contributed by atoms with van der Waals surface area (Å²) in [5, 5.41) is 4.74. The summed E-state index contributed by atoms with van der Waals surface area (Å²) in [6.45, 7) is 0.984. The molecule has 2 nitrogen and oxygen atoms in total.